The van der Waals surface area contributed by atoms with E-state index in [1.165, 1.54) is 4.90 Å². The van der Waals surface area contributed by atoms with Crippen LogP contribution in [0.3, 0.4) is 0 Å². The number of carboxylic acids is 1. The van der Waals surface area contributed by atoms with E-state index in [0.717, 1.165) is 19.3 Å². The van der Waals surface area contributed by atoms with Crippen molar-refractivity contribution in [3.8, 4) is 0 Å². The van der Waals surface area contributed by atoms with E-state index in [1.54, 1.807) is 4.90 Å². The van der Waals surface area contributed by atoms with Crippen molar-refractivity contribution in [2.75, 3.05) is 19.7 Å². The second-order valence-corrected chi connectivity index (χ2v) is 5.85. The topological polar surface area (TPSA) is 81.1 Å². The van der Waals surface area contributed by atoms with Crippen LogP contribution in [0, 0.1) is 5.92 Å². The van der Waals surface area contributed by atoms with Crippen molar-refractivity contribution >= 4 is 12.0 Å². The van der Waals surface area contributed by atoms with Gasteiger partial charge in [-0.25, -0.2) is 9.59 Å². The maximum Gasteiger partial charge on any atom is 0.326 e. The molecule has 0 aromatic heterocycles. The van der Waals surface area contributed by atoms with Crippen LogP contribution in [0.1, 0.15) is 46.5 Å². The number of likely N-dealkylation sites (tertiary alicyclic amines) is 1. The van der Waals surface area contributed by atoms with Gasteiger partial charge in [-0.2, -0.15) is 0 Å². The number of carbonyl (C=O) groups excluding carboxylic acids is 1. The van der Waals surface area contributed by atoms with Gasteiger partial charge < -0.3 is 20.0 Å². The molecule has 1 heterocycles. The molecule has 1 rings (SSSR count). The number of amides is 2. The number of aliphatic carboxylic acids is 1. The van der Waals surface area contributed by atoms with Crippen LogP contribution in [0.25, 0.3) is 0 Å². The summed E-state index contributed by atoms with van der Waals surface area (Å²) in [7, 11) is 0. The van der Waals surface area contributed by atoms with Crippen LogP contribution in [0.2, 0.25) is 0 Å². The third kappa shape index (κ3) is 4.33. The summed E-state index contributed by atoms with van der Waals surface area (Å²) in [5.41, 5.74) is 0. The van der Waals surface area contributed by atoms with E-state index >= 15 is 0 Å². The summed E-state index contributed by atoms with van der Waals surface area (Å²) in [6, 6.07) is -0.965. The van der Waals surface area contributed by atoms with Gasteiger partial charge in [-0.15, -0.1) is 0 Å². The molecule has 2 unspecified atom stereocenters. The highest BCUT2D eigenvalue weighted by molar-refractivity contribution is 5.83. The van der Waals surface area contributed by atoms with Crippen molar-refractivity contribution in [3.63, 3.8) is 0 Å². The smallest absolute Gasteiger partial charge is 0.326 e. The van der Waals surface area contributed by atoms with Crippen molar-refractivity contribution < 1.29 is 19.8 Å². The number of rotatable bonds is 6. The second kappa shape index (κ2) is 8.22. The van der Waals surface area contributed by atoms with Crippen molar-refractivity contribution in [1.82, 2.24) is 9.80 Å². The Kier molecular flexibility index (Phi) is 6.95. The predicted molar refractivity (Wildman–Crippen MR) is 80.1 cm³/mol. The number of aliphatic hydroxyl groups excluding tert-OH is 1. The van der Waals surface area contributed by atoms with Crippen molar-refractivity contribution in [2.45, 2.75) is 58.5 Å². The molecule has 21 heavy (non-hydrogen) atoms. The highest BCUT2D eigenvalue weighted by Gasteiger charge is 2.37. The molecule has 1 saturated heterocycles. The number of hydrogen-bond donors (Lipinski definition) is 2. The van der Waals surface area contributed by atoms with Gasteiger partial charge in [0.15, 0.2) is 0 Å². The minimum Gasteiger partial charge on any atom is -0.480 e. The van der Waals surface area contributed by atoms with Gasteiger partial charge in [0, 0.05) is 19.1 Å². The number of carboxylic acid groups (broad SMARTS) is 1. The summed E-state index contributed by atoms with van der Waals surface area (Å²) < 4.78 is 0. The first-order valence-corrected chi connectivity index (χ1v) is 7.87. The molecule has 2 atom stereocenters. The summed E-state index contributed by atoms with van der Waals surface area (Å²) in [5, 5.41) is 18.6. The molecule has 0 saturated carbocycles. The monoisotopic (exact) mass is 300 g/mol. The predicted octanol–water partition coefficient (Wildman–Crippen LogP) is 1.77. The van der Waals surface area contributed by atoms with Gasteiger partial charge in [0.2, 0.25) is 0 Å². The molecule has 6 heteroatoms. The van der Waals surface area contributed by atoms with E-state index in [-0.39, 0.29) is 25.2 Å². The Morgan fingerprint density at radius 3 is 2.43 bits per heavy atom. The quantitative estimate of drug-likeness (QED) is 0.783. The van der Waals surface area contributed by atoms with Gasteiger partial charge in [-0.05, 0) is 31.6 Å². The molecule has 0 aliphatic carbocycles. The van der Waals surface area contributed by atoms with Gasteiger partial charge in [-0.3, -0.25) is 0 Å². The van der Waals surface area contributed by atoms with Crippen molar-refractivity contribution in [1.29, 1.82) is 0 Å². The standard InChI is InChI=1S/C15H28N2O4/c1-4-12(5-2)16(8-9-18)15(21)17-7-6-11(3)10-13(17)14(19)20/h11-13,18H,4-10H2,1-3H3,(H,19,20). The molecular formula is C15H28N2O4. The molecule has 6 nitrogen and oxygen atoms in total. The first-order chi connectivity index (χ1) is 9.96. The first-order valence-electron chi connectivity index (χ1n) is 7.87. The molecular weight excluding hydrogens is 272 g/mol. The summed E-state index contributed by atoms with van der Waals surface area (Å²) in [5.74, 6) is -0.627. The number of piperidine rings is 1. The van der Waals surface area contributed by atoms with E-state index in [9.17, 15) is 19.8 Å². The molecule has 0 aromatic rings. The van der Waals surface area contributed by atoms with E-state index in [4.69, 9.17) is 0 Å². The maximum atomic E-state index is 12.7. The van der Waals surface area contributed by atoms with Crippen LogP contribution in [0.15, 0.2) is 0 Å². The Morgan fingerprint density at radius 2 is 1.95 bits per heavy atom. The molecule has 2 amide bonds. The van der Waals surface area contributed by atoms with Crippen LogP contribution in [-0.4, -0.2) is 63.8 Å². The van der Waals surface area contributed by atoms with Gasteiger partial charge in [0.1, 0.15) is 6.04 Å². The fourth-order valence-electron chi connectivity index (χ4n) is 3.04. The Labute approximate surface area is 126 Å². The lowest BCUT2D eigenvalue weighted by Crippen LogP contribution is -2.56. The normalized spacial score (nSPS) is 22.4. The number of nitrogens with zero attached hydrogens (tertiary/aromatic N) is 2. The fraction of sp³-hybridized carbons (Fsp3) is 0.867. The minimum atomic E-state index is -0.941. The molecule has 1 fully saturated rings. The Morgan fingerprint density at radius 1 is 1.33 bits per heavy atom. The summed E-state index contributed by atoms with van der Waals surface area (Å²) in [6.07, 6.45) is 2.91. The van der Waals surface area contributed by atoms with Crippen LogP contribution in [0.4, 0.5) is 4.79 Å². The molecule has 0 spiro atoms. The average molecular weight is 300 g/mol. The van der Waals surface area contributed by atoms with Crippen LogP contribution < -0.4 is 0 Å². The zero-order chi connectivity index (χ0) is 16.0. The molecule has 0 bridgehead atoms. The number of hydrogen-bond acceptors (Lipinski definition) is 3. The lowest BCUT2D eigenvalue weighted by atomic mass is 9.92. The van der Waals surface area contributed by atoms with Gasteiger partial charge in [-0.1, -0.05) is 20.8 Å². The largest absolute Gasteiger partial charge is 0.480 e. The SMILES string of the molecule is CCC(CC)N(CCO)C(=O)N1CCC(C)CC1C(=O)O. The number of carbonyl (C=O) groups is 2. The molecule has 1 aliphatic heterocycles. The molecule has 122 valence electrons. The first kappa shape index (κ1) is 17.8. The van der Waals surface area contributed by atoms with E-state index < -0.39 is 12.0 Å². The molecule has 0 aromatic carbocycles. The zero-order valence-corrected chi connectivity index (χ0v) is 13.3. The van der Waals surface area contributed by atoms with Gasteiger partial charge in [0.05, 0.1) is 6.61 Å². The van der Waals surface area contributed by atoms with E-state index in [0.29, 0.717) is 18.9 Å². The molecule has 2 N–H and O–H groups in total. The second-order valence-electron chi connectivity index (χ2n) is 5.85. The highest BCUT2D eigenvalue weighted by Crippen LogP contribution is 2.25. The Bertz CT molecular complexity index is 358. The van der Waals surface area contributed by atoms with Crippen LogP contribution >= 0.6 is 0 Å². The molecule has 1 aliphatic rings. The maximum absolute atomic E-state index is 12.7. The fourth-order valence-corrected chi connectivity index (χ4v) is 3.04. The molecule has 0 radical (unpaired) electrons. The Hall–Kier alpha value is -1.30. The highest BCUT2D eigenvalue weighted by atomic mass is 16.4. The lowest BCUT2D eigenvalue weighted by molar-refractivity contribution is -0.144. The third-order valence-corrected chi connectivity index (χ3v) is 4.37. The average Bonchev–Trinajstić information content (AvgIpc) is 2.46. The van der Waals surface area contributed by atoms with E-state index in [2.05, 4.69) is 0 Å². The van der Waals surface area contributed by atoms with Crippen molar-refractivity contribution in [2.24, 2.45) is 5.92 Å². The Balaban J connectivity index is 2.92. The third-order valence-electron chi connectivity index (χ3n) is 4.37. The van der Waals surface area contributed by atoms with Crippen molar-refractivity contribution in [3.05, 3.63) is 0 Å². The van der Waals surface area contributed by atoms with Crippen LogP contribution in [0.5, 0.6) is 0 Å². The van der Waals surface area contributed by atoms with Crippen LogP contribution in [-0.2, 0) is 4.79 Å². The lowest BCUT2D eigenvalue weighted by Gasteiger charge is -2.41. The van der Waals surface area contributed by atoms with Gasteiger partial charge in [0.25, 0.3) is 0 Å². The van der Waals surface area contributed by atoms with E-state index in [1.807, 2.05) is 20.8 Å². The summed E-state index contributed by atoms with van der Waals surface area (Å²) >= 11 is 0. The number of aliphatic hydroxyl groups is 1. The number of urea groups is 1. The summed E-state index contributed by atoms with van der Waals surface area (Å²) in [6.45, 7) is 6.63. The minimum absolute atomic E-state index is 0.0402. The zero-order valence-electron chi connectivity index (χ0n) is 13.3. The van der Waals surface area contributed by atoms with Gasteiger partial charge >= 0.3 is 12.0 Å². The summed E-state index contributed by atoms with van der Waals surface area (Å²) in [4.78, 5) is 27.3.